The second-order valence-corrected chi connectivity index (χ2v) is 9.04. The molecule has 1 heterocycles. The van der Waals surface area contributed by atoms with Crippen LogP contribution in [-0.2, 0) is 9.53 Å². The first-order valence-corrected chi connectivity index (χ1v) is 11.9. The van der Waals surface area contributed by atoms with E-state index in [1.807, 2.05) is 0 Å². The lowest BCUT2D eigenvalue weighted by Crippen LogP contribution is -2.07. The maximum absolute atomic E-state index is 12.7. The van der Waals surface area contributed by atoms with Crippen LogP contribution in [0.5, 0.6) is 17.2 Å². The zero-order chi connectivity index (χ0) is 26.2. The monoisotopic (exact) mass is 530 g/mol. The molecule has 0 aliphatic rings. The maximum Gasteiger partial charge on any atom is 0.348 e. The van der Waals surface area contributed by atoms with Crippen LogP contribution < -0.4 is 19.5 Å². The number of ether oxygens (including phenoxy) is 4. The number of nitrogens with zero attached hydrogens (tertiary/aromatic N) is 1. The smallest absolute Gasteiger partial charge is 0.348 e. The number of carbonyl (C=O) groups is 2. The van der Waals surface area contributed by atoms with Gasteiger partial charge in [0.15, 0.2) is 11.5 Å². The molecule has 0 unspecified atom stereocenters. The summed E-state index contributed by atoms with van der Waals surface area (Å²) in [5.74, 6) is 0.221. The highest BCUT2D eigenvalue weighted by molar-refractivity contribution is 7.99. The lowest BCUT2D eigenvalue weighted by Gasteiger charge is -2.12. The van der Waals surface area contributed by atoms with Gasteiger partial charge in [-0.1, -0.05) is 23.9 Å². The number of anilines is 1. The second kappa shape index (κ2) is 12.1. The van der Waals surface area contributed by atoms with E-state index in [0.717, 1.165) is 23.1 Å². The number of nitro groups is 1. The molecule has 12 heteroatoms. The average Bonchev–Trinajstić information content (AvgIpc) is 3.28. The van der Waals surface area contributed by atoms with Crippen molar-refractivity contribution in [1.29, 1.82) is 0 Å². The van der Waals surface area contributed by atoms with Crippen LogP contribution in [-0.4, -0.2) is 45.2 Å². The van der Waals surface area contributed by atoms with Crippen LogP contribution in [0.25, 0.3) is 6.08 Å². The van der Waals surface area contributed by atoms with Gasteiger partial charge in [0.05, 0.1) is 38.3 Å². The van der Waals surface area contributed by atoms with Crippen LogP contribution in [0.3, 0.4) is 0 Å². The minimum absolute atomic E-state index is 0.0899. The molecule has 188 valence electrons. The Labute approximate surface area is 215 Å². The van der Waals surface area contributed by atoms with Crippen LogP contribution in [0, 0.1) is 10.1 Å². The van der Waals surface area contributed by atoms with Crippen molar-refractivity contribution >= 4 is 51.7 Å². The summed E-state index contributed by atoms with van der Waals surface area (Å²) in [5.41, 5.74) is 0.531. The Hall–Kier alpha value is -4.03. The highest BCUT2D eigenvalue weighted by atomic mass is 32.2. The van der Waals surface area contributed by atoms with Gasteiger partial charge in [0.25, 0.3) is 5.69 Å². The topological polar surface area (TPSA) is 126 Å². The SMILES string of the molecule is COC(=O)c1cc(Sc2ccccc2[N+](=O)[O-])c(NC(=O)/C=C/c2cc(OC)c(OC)c(OC)c2)s1. The van der Waals surface area contributed by atoms with Crippen LogP contribution in [0.4, 0.5) is 10.7 Å². The van der Waals surface area contributed by atoms with Crippen molar-refractivity contribution in [1.82, 2.24) is 0 Å². The van der Waals surface area contributed by atoms with Crippen molar-refractivity contribution in [3.63, 3.8) is 0 Å². The van der Waals surface area contributed by atoms with Gasteiger partial charge < -0.3 is 24.3 Å². The van der Waals surface area contributed by atoms with Gasteiger partial charge in [0.2, 0.25) is 11.7 Å². The molecule has 0 spiro atoms. The minimum Gasteiger partial charge on any atom is -0.493 e. The van der Waals surface area contributed by atoms with Gasteiger partial charge in [-0.2, -0.15) is 0 Å². The second-order valence-electron chi connectivity index (χ2n) is 6.90. The molecule has 3 rings (SSSR count). The average molecular weight is 531 g/mol. The lowest BCUT2D eigenvalue weighted by atomic mass is 10.1. The summed E-state index contributed by atoms with van der Waals surface area (Å²) in [5, 5.41) is 14.5. The number of nitrogens with one attached hydrogen (secondary N) is 1. The molecule has 36 heavy (non-hydrogen) atoms. The number of para-hydroxylation sites is 1. The largest absolute Gasteiger partial charge is 0.493 e. The number of rotatable bonds is 10. The third kappa shape index (κ3) is 6.15. The Morgan fingerprint density at radius 1 is 1.00 bits per heavy atom. The first kappa shape index (κ1) is 26.6. The van der Waals surface area contributed by atoms with E-state index in [-0.39, 0.29) is 10.6 Å². The number of esters is 1. The molecule has 0 bridgehead atoms. The summed E-state index contributed by atoms with van der Waals surface area (Å²) in [7, 11) is 5.72. The molecule has 0 radical (unpaired) electrons. The third-order valence-electron chi connectivity index (χ3n) is 4.72. The fourth-order valence-electron chi connectivity index (χ4n) is 3.07. The molecule has 0 saturated carbocycles. The van der Waals surface area contributed by atoms with Crippen molar-refractivity contribution in [3.8, 4) is 17.2 Å². The Morgan fingerprint density at radius 2 is 1.67 bits per heavy atom. The quantitative estimate of drug-likeness (QED) is 0.161. The van der Waals surface area contributed by atoms with E-state index >= 15 is 0 Å². The summed E-state index contributed by atoms with van der Waals surface area (Å²) in [6.07, 6.45) is 2.86. The van der Waals surface area contributed by atoms with E-state index in [9.17, 15) is 19.7 Å². The van der Waals surface area contributed by atoms with E-state index in [0.29, 0.717) is 37.6 Å². The first-order valence-electron chi connectivity index (χ1n) is 10.2. The zero-order valence-corrected chi connectivity index (χ0v) is 21.4. The molecule has 1 aromatic heterocycles. The number of nitro benzene ring substituents is 1. The lowest BCUT2D eigenvalue weighted by molar-refractivity contribution is -0.387. The first-order chi connectivity index (χ1) is 17.3. The van der Waals surface area contributed by atoms with Crippen molar-refractivity contribution in [3.05, 3.63) is 69.1 Å². The molecule has 0 saturated heterocycles. The molecule has 0 aliphatic carbocycles. The fraction of sp³-hybridized carbons (Fsp3) is 0.167. The molecular weight excluding hydrogens is 508 g/mol. The summed E-state index contributed by atoms with van der Waals surface area (Å²) in [6, 6.07) is 11.1. The summed E-state index contributed by atoms with van der Waals surface area (Å²) < 4.78 is 20.7. The number of amides is 1. The van der Waals surface area contributed by atoms with Crippen LogP contribution in [0.15, 0.2) is 58.3 Å². The zero-order valence-electron chi connectivity index (χ0n) is 19.7. The van der Waals surface area contributed by atoms with Gasteiger partial charge in [-0.3, -0.25) is 14.9 Å². The van der Waals surface area contributed by atoms with Crippen molar-refractivity contribution in [2.45, 2.75) is 9.79 Å². The molecular formula is C24H22N2O8S2. The van der Waals surface area contributed by atoms with Crippen LogP contribution in [0.1, 0.15) is 15.2 Å². The summed E-state index contributed by atoms with van der Waals surface area (Å²) >= 11 is 2.07. The molecule has 3 aromatic rings. The van der Waals surface area contributed by atoms with Gasteiger partial charge >= 0.3 is 5.97 Å². The Morgan fingerprint density at radius 3 is 2.25 bits per heavy atom. The van der Waals surface area contributed by atoms with Crippen LogP contribution >= 0.6 is 23.1 Å². The minimum atomic E-state index is -0.585. The third-order valence-corrected chi connectivity index (χ3v) is 6.98. The number of hydrogen-bond acceptors (Lipinski definition) is 10. The van der Waals surface area contributed by atoms with Gasteiger partial charge in [0.1, 0.15) is 9.88 Å². The number of benzene rings is 2. The van der Waals surface area contributed by atoms with E-state index in [1.165, 1.54) is 46.6 Å². The molecule has 0 aliphatic heterocycles. The summed E-state index contributed by atoms with van der Waals surface area (Å²) in [6.45, 7) is 0. The van der Waals surface area contributed by atoms with Gasteiger partial charge in [-0.15, -0.1) is 11.3 Å². The molecule has 0 fully saturated rings. The number of carbonyl (C=O) groups excluding carboxylic acids is 2. The maximum atomic E-state index is 12.7. The van der Waals surface area contributed by atoms with Crippen molar-refractivity contribution in [2.75, 3.05) is 33.8 Å². The number of hydrogen-bond donors (Lipinski definition) is 1. The van der Waals surface area contributed by atoms with E-state index in [4.69, 9.17) is 18.9 Å². The molecule has 1 amide bonds. The van der Waals surface area contributed by atoms with Gasteiger partial charge in [0, 0.05) is 17.0 Å². The van der Waals surface area contributed by atoms with Crippen molar-refractivity contribution in [2.24, 2.45) is 0 Å². The molecule has 10 nitrogen and oxygen atoms in total. The van der Waals surface area contributed by atoms with Crippen LogP contribution in [0.2, 0.25) is 0 Å². The predicted molar refractivity (Wildman–Crippen MR) is 137 cm³/mol. The fourth-order valence-corrected chi connectivity index (χ4v) is 5.22. The highest BCUT2D eigenvalue weighted by Gasteiger charge is 2.21. The predicted octanol–water partition coefficient (Wildman–Crippen LogP) is 5.27. The summed E-state index contributed by atoms with van der Waals surface area (Å²) in [4.78, 5) is 36.8. The molecule has 0 atom stereocenters. The Bertz CT molecular complexity index is 1290. The highest BCUT2D eigenvalue weighted by Crippen LogP contribution is 2.43. The van der Waals surface area contributed by atoms with E-state index < -0.39 is 16.8 Å². The Balaban J connectivity index is 1.88. The Kier molecular flexibility index (Phi) is 8.92. The molecule has 2 aromatic carbocycles. The van der Waals surface area contributed by atoms with E-state index in [2.05, 4.69) is 5.32 Å². The molecule has 1 N–H and O–H groups in total. The normalized spacial score (nSPS) is 10.7. The number of thiophene rings is 1. The van der Waals surface area contributed by atoms with Gasteiger partial charge in [-0.05, 0) is 35.9 Å². The number of methoxy groups -OCH3 is 4. The van der Waals surface area contributed by atoms with E-state index in [1.54, 1.807) is 36.4 Å². The van der Waals surface area contributed by atoms with Crippen molar-refractivity contribution < 1.29 is 33.5 Å². The van der Waals surface area contributed by atoms with Gasteiger partial charge in [-0.25, -0.2) is 4.79 Å². The standard InChI is InChI=1S/C24H22N2O8S2/c1-31-16-11-14(12-17(32-2)22(16)33-3)9-10-21(27)25-23-19(13-20(36-23)24(28)34-4)35-18-8-6-5-7-15(18)26(29)30/h5-13H,1-4H3,(H,25,27)/b10-9+.